The van der Waals surface area contributed by atoms with Gasteiger partial charge in [0, 0.05) is 20.2 Å². The number of benzene rings is 1. The Labute approximate surface area is 112 Å². The van der Waals surface area contributed by atoms with Gasteiger partial charge in [0.2, 0.25) is 10.0 Å². The maximum Gasteiger partial charge on any atom is 0.243 e. The molecule has 0 radical (unpaired) electrons. The molecule has 5 nitrogen and oxygen atoms in total. The molecule has 1 rings (SSSR count). The molecule has 0 saturated carbocycles. The highest BCUT2D eigenvalue weighted by atomic mass is 32.2. The van der Waals surface area contributed by atoms with Gasteiger partial charge in [-0.2, -0.15) is 4.31 Å². The fourth-order valence-electron chi connectivity index (χ4n) is 1.64. The van der Waals surface area contributed by atoms with E-state index in [0.29, 0.717) is 0 Å². The maximum absolute atomic E-state index is 13.2. The summed E-state index contributed by atoms with van der Waals surface area (Å²) in [7, 11) is -1.01. The first-order chi connectivity index (χ1) is 8.84. The van der Waals surface area contributed by atoms with Crippen molar-refractivity contribution in [1.29, 1.82) is 0 Å². The van der Waals surface area contributed by atoms with Crippen LogP contribution in [0, 0.1) is 5.82 Å². The second-order valence-corrected chi connectivity index (χ2v) is 6.20. The summed E-state index contributed by atoms with van der Waals surface area (Å²) >= 11 is 0. The molecule has 0 heterocycles. The predicted octanol–water partition coefficient (Wildman–Crippen LogP) is 0.973. The van der Waals surface area contributed by atoms with Gasteiger partial charge in [-0.25, -0.2) is 12.8 Å². The molecule has 0 spiro atoms. The number of halogens is 1. The van der Waals surface area contributed by atoms with E-state index in [1.165, 1.54) is 20.2 Å². The lowest BCUT2D eigenvalue weighted by molar-refractivity contribution is 0.149. The van der Waals surface area contributed by atoms with Crippen molar-refractivity contribution in [1.82, 2.24) is 4.31 Å². The molecule has 0 amide bonds. The highest BCUT2D eigenvalue weighted by Gasteiger charge is 2.27. The Morgan fingerprint density at radius 1 is 1.47 bits per heavy atom. The monoisotopic (exact) mass is 291 g/mol. The fourth-order valence-corrected chi connectivity index (χ4v) is 3.21. The number of ether oxygens (including phenoxy) is 1. The quantitative estimate of drug-likeness (QED) is 0.848. The molecule has 1 N–H and O–H groups in total. The average Bonchev–Trinajstić information content (AvgIpc) is 2.38. The number of aliphatic hydroxyl groups excluding tert-OH is 1. The smallest absolute Gasteiger partial charge is 0.243 e. The van der Waals surface area contributed by atoms with E-state index in [4.69, 9.17) is 9.84 Å². The van der Waals surface area contributed by atoms with Gasteiger partial charge in [-0.1, -0.05) is 6.07 Å². The summed E-state index contributed by atoms with van der Waals surface area (Å²) in [5.74, 6) is -0.663. The zero-order chi connectivity index (χ0) is 14.6. The standard InChI is InChI=1S/C12H18FNO4S/c1-9(8-18-3)14(2)19(16,17)12-6-11(13)5-4-10(12)7-15/h4-6,9,15H,7-8H2,1-3H3. The zero-order valence-corrected chi connectivity index (χ0v) is 11.9. The van der Waals surface area contributed by atoms with Crippen molar-refractivity contribution in [2.75, 3.05) is 20.8 Å². The maximum atomic E-state index is 13.2. The van der Waals surface area contributed by atoms with Crippen LogP contribution in [0.25, 0.3) is 0 Å². The van der Waals surface area contributed by atoms with E-state index >= 15 is 0 Å². The molecule has 7 heteroatoms. The van der Waals surface area contributed by atoms with Crippen LogP contribution in [0.3, 0.4) is 0 Å². The first-order valence-electron chi connectivity index (χ1n) is 5.70. The fraction of sp³-hybridized carbons (Fsp3) is 0.500. The lowest BCUT2D eigenvalue weighted by atomic mass is 10.2. The number of rotatable bonds is 6. The topological polar surface area (TPSA) is 66.8 Å². The number of methoxy groups -OCH3 is 1. The van der Waals surface area contributed by atoms with Crippen LogP contribution in [-0.2, 0) is 21.4 Å². The van der Waals surface area contributed by atoms with E-state index in [9.17, 15) is 12.8 Å². The number of likely N-dealkylation sites (N-methyl/N-ethyl adjacent to an activating group) is 1. The molecule has 0 aromatic heterocycles. The molecule has 1 aromatic carbocycles. The van der Waals surface area contributed by atoms with Crippen LogP contribution >= 0.6 is 0 Å². The average molecular weight is 291 g/mol. The van der Waals surface area contributed by atoms with Crippen molar-refractivity contribution in [3.05, 3.63) is 29.6 Å². The van der Waals surface area contributed by atoms with Crippen LogP contribution in [0.15, 0.2) is 23.1 Å². The summed E-state index contributed by atoms with van der Waals surface area (Å²) in [6, 6.07) is 2.89. The van der Waals surface area contributed by atoms with Crippen molar-refractivity contribution in [3.63, 3.8) is 0 Å². The Balaban J connectivity index is 3.23. The van der Waals surface area contributed by atoms with E-state index in [1.54, 1.807) is 6.92 Å². The van der Waals surface area contributed by atoms with Crippen LogP contribution in [0.5, 0.6) is 0 Å². The Hall–Kier alpha value is -1.02. The third kappa shape index (κ3) is 3.50. The molecule has 0 aliphatic heterocycles. The molecule has 1 aromatic rings. The van der Waals surface area contributed by atoms with Gasteiger partial charge in [0.1, 0.15) is 5.82 Å². The van der Waals surface area contributed by atoms with Gasteiger partial charge < -0.3 is 9.84 Å². The van der Waals surface area contributed by atoms with Gasteiger partial charge in [0.15, 0.2) is 0 Å². The molecular weight excluding hydrogens is 273 g/mol. The van der Waals surface area contributed by atoms with Gasteiger partial charge in [-0.15, -0.1) is 0 Å². The van der Waals surface area contributed by atoms with Gasteiger partial charge in [0.25, 0.3) is 0 Å². The minimum Gasteiger partial charge on any atom is -0.392 e. The molecule has 108 valence electrons. The minimum absolute atomic E-state index is 0.165. The van der Waals surface area contributed by atoms with Gasteiger partial charge >= 0.3 is 0 Å². The van der Waals surface area contributed by atoms with Crippen LogP contribution in [-0.4, -0.2) is 44.6 Å². The Morgan fingerprint density at radius 3 is 2.63 bits per heavy atom. The molecule has 1 atom stereocenters. The third-order valence-corrected chi connectivity index (χ3v) is 4.94. The van der Waals surface area contributed by atoms with Gasteiger partial charge in [-0.05, 0) is 24.6 Å². The van der Waals surface area contributed by atoms with Crippen molar-refractivity contribution in [3.8, 4) is 0 Å². The van der Waals surface area contributed by atoms with Crippen LogP contribution in [0.1, 0.15) is 12.5 Å². The third-order valence-electron chi connectivity index (χ3n) is 2.89. The zero-order valence-electron chi connectivity index (χ0n) is 11.1. The highest BCUT2D eigenvalue weighted by Crippen LogP contribution is 2.22. The summed E-state index contributed by atoms with van der Waals surface area (Å²) in [5, 5.41) is 9.17. The largest absolute Gasteiger partial charge is 0.392 e. The van der Waals surface area contributed by atoms with Crippen molar-refractivity contribution in [2.45, 2.75) is 24.5 Å². The summed E-state index contributed by atoms with van der Waals surface area (Å²) < 4.78 is 44.0. The van der Waals surface area contributed by atoms with E-state index in [0.717, 1.165) is 16.4 Å². The first-order valence-corrected chi connectivity index (χ1v) is 7.14. The number of aliphatic hydroxyl groups is 1. The van der Waals surface area contributed by atoms with E-state index < -0.39 is 28.5 Å². The second kappa shape index (κ2) is 6.42. The number of sulfonamides is 1. The van der Waals surface area contributed by atoms with Gasteiger partial charge in [0.05, 0.1) is 18.1 Å². The van der Waals surface area contributed by atoms with Crippen molar-refractivity contribution < 1.29 is 22.7 Å². The Bertz CT molecular complexity index is 533. The van der Waals surface area contributed by atoms with E-state index in [-0.39, 0.29) is 17.1 Å². The molecular formula is C12H18FNO4S. The predicted molar refractivity (Wildman–Crippen MR) is 68.6 cm³/mol. The second-order valence-electron chi connectivity index (χ2n) is 4.24. The number of hydrogen-bond acceptors (Lipinski definition) is 4. The first kappa shape index (κ1) is 16.0. The lowest BCUT2D eigenvalue weighted by Gasteiger charge is -2.24. The summed E-state index contributed by atoms with van der Waals surface area (Å²) in [4.78, 5) is -0.222. The molecule has 0 aliphatic carbocycles. The summed E-state index contributed by atoms with van der Waals surface area (Å²) in [5.41, 5.74) is 0.165. The highest BCUT2D eigenvalue weighted by molar-refractivity contribution is 7.89. The van der Waals surface area contributed by atoms with Crippen LogP contribution in [0.4, 0.5) is 4.39 Å². The molecule has 0 saturated heterocycles. The normalized spacial score (nSPS) is 13.8. The summed E-state index contributed by atoms with van der Waals surface area (Å²) in [6.45, 7) is 1.43. The lowest BCUT2D eigenvalue weighted by Crippen LogP contribution is -2.38. The Kier molecular flexibility index (Phi) is 5.42. The van der Waals surface area contributed by atoms with Crippen LogP contribution in [0.2, 0.25) is 0 Å². The van der Waals surface area contributed by atoms with E-state index in [1.807, 2.05) is 0 Å². The van der Waals surface area contributed by atoms with Gasteiger partial charge in [-0.3, -0.25) is 0 Å². The van der Waals surface area contributed by atoms with E-state index in [2.05, 4.69) is 0 Å². The molecule has 1 unspecified atom stereocenters. The molecule has 0 aliphatic rings. The summed E-state index contributed by atoms with van der Waals surface area (Å²) in [6.07, 6.45) is 0. The van der Waals surface area contributed by atoms with Crippen molar-refractivity contribution in [2.24, 2.45) is 0 Å². The molecule has 19 heavy (non-hydrogen) atoms. The SMILES string of the molecule is COCC(C)N(C)S(=O)(=O)c1cc(F)ccc1CO. The van der Waals surface area contributed by atoms with Crippen molar-refractivity contribution >= 4 is 10.0 Å². The number of nitrogens with zero attached hydrogens (tertiary/aromatic N) is 1. The number of hydrogen-bond donors (Lipinski definition) is 1. The molecule has 0 bridgehead atoms. The minimum atomic E-state index is -3.87. The van der Waals surface area contributed by atoms with Crippen LogP contribution < -0.4 is 0 Å². The molecule has 0 fully saturated rings. The Morgan fingerprint density at radius 2 is 2.11 bits per heavy atom.